The van der Waals surface area contributed by atoms with Crippen LogP contribution in [0.3, 0.4) is 0 Å². The largest absolute Gasteiger partial charge is 0.379 e. The van der Waals surface area contributed by atoms with E-state index in [2.05, 4.69) is 21.7 Å². The van der Waals surface area contributed by atoms with Crippen LogP contribution >= 0.6 is 11.3 Å². The van der Waals surface area contributed by atoms with Crippen molar-refractivity contribution in [3.05, 3.63) is 22.4 Å². The van der Waals surface area contributed by atoms with E-state index in [0.717, 1.165) is 65.1 Å². The van der Waals surface area contributed by atoms with Gasteiger partial charge in [-0.3, -0.25) is 14.5 Å². The molecule has 1 aromatic heterocycles. The van der Waals surface area contributed by atoms with Crippen LogP contribution in [0.15, 0.2) is 17.5 Å². The number of ether oxygens (including phenoxy) is 1. The second kappa shape index (κ2) is 8.93. The molecular formula is C21H31N3O3S. The molecule has 0 bridgehead atoms. The number of likely N-dealkylation sites (tertiary alicyclic amines) is 1. The second-order valence-electron chi connectivity index (χ2n) is 8.29. The van der Waals surface area contributed by atoms with Crippen molar-refractivity contribution in [1.82, 2.24) is 15.1 Å². The number of amides is 2. The maximum Gasteiger partial charge on any atom is 0.231 e. The van der Waals surface area contributed by atoms with Crippen molar-refractivity contribution >= 4 is 23.2 Å². The average molecular weight is 406 g/mol. The molecule has 1 aliphatic carbocycles. The maximum atomic E-state index is 13.3. The zero-order chi connectivity index (χ0) is 19.4. The summed E-state index contributed by atoms with van der Waals surface area (Å²) in [4.78, 5) is 31.2. The maximum absolute atomic E-state index is 13.3. The number of morpholine rings is 1. The minimum absolute atomic E-state index is 0.0662. The lowest BCUT2D eigenvalue weighted by Crippen LogP contribution is -2.49. The smallest absolute Gasteiger partial charge is 0.231 e. The topological polar surface area (TPSA) is 61.9 Å². The normalized spacial score (nSPS) is 25.8. The molecule has 4 rings (SSSR count). The van der Waals surface area contributed by atoms with Gasteiger partial charge in [-0.05, 0) is 24.3 Å². The van der Waals surface area contributed by atoms with Crippen molar-refractivity contribution in [2.75, 3.05) is 45.9 Å². The predicted octanol–water partition coefficient (Wildman–Crippen LogP) is 2.00. The molecule has 2 saturated heterocycles. The van der Waals surface area contributed by atoms with Crippen molar-refractivity contribution in [2.45, 2.75) is 50.0 Å². The summed E-state index contributed by atoms with van der Waals surface area (Å²) in [7, 11) is 0. The molecule has 1 atom stereocenters. The van der Waals surface area contributed by atoms with Crippen LogP contribution < -0.4 is 5.32 Å². The number of carbonyl (C=O) groups excluding carboxylic acids is 2. The average Bonchev–Trinajstić information content (AvgIpc) is 3.38. The molecule has 1 aromatic rings. The van der Waals surface area contributed by atoms with Crippen LogP contribution in [-0.4, -0.2) is 73.6 Å². The highest BCUT2D eigenvalue weighted by atomic mass is 32.1. The van der Waals surface area contributed by atoms with Gasteiger partial charge in [-0.25, -0.2) is 0 Å². The third-order valence-corrected chi connectivity index (χ3v) is 7.55. The molecule has 1 N–H and O–H groups in total. The summed E-state index contributed by atoms with van der Waals surface area (Å²) in [5, 5.41) is 5.31. The number of hydrogen-bond acceptors (Lipinski definition) is 5. The van der Waals surface area contributed by atoms with E-state index in [9.17, 15) is 9.59 Å². The van der Waals surface area contributed by atoms with Crippen LogP contribution in [0.4, 0.5) is 0 Å². The number of nitrogens with zero attached hydrogens (tertiary/aromatic N) is 2. The van der Waals surface area contributed by atoms with Gasteiger partial charge in [-0.15, -0.1) is 11.3 Å². The van der Waals surface area contributed by atoms with E-state index in [1.54, 1.807) is 11.3 Å². The molecule has 154 valence electrons. The zero-order valence-electron chi connectivity index (χ0n) is 16.5. The van der Waals surface area contributed by atoms with Gasteiger partial charge in [0.25, 0.3) is 0 Å². The highest BCUT2D eigenvalue weighted by molar-refractivity contribution is 7.10. The third kappa shape index (κ3) is 4.26. The first-order chi connectivity index (χ1) is 13.7. The Kier molecular flexibility index (Phi) is 6.33. The van der Waals surface area contributed by atoms with Crippen LogP contribution in [-0.2, 0) is 19.7 Å². The monoisotopic (exact) mass is 405 g/mol. The van der Waals surface area contributed by atoms with Gasteiger partial charge in [0.05, 0.1) is 24.7 Å². The Hall–Kier alpha value is -1.44. The van der Waals surface area contributed by atoms with Gasteiger partial charge in [-0.2, -0.15) is 0 Å². The molecular weight excluding hydrogens is 374 g/mol. The number of hydrogen-bond donors (Lipinski definition) is 1. The predicted molar refractivity (Wildman–Crippen MR) is 109 cm³/mol. The summed E-state index contributed by atoms with van der Waals surface area (Å²) in [6.07, 6.45) is 5.66. The Morgan fingerprint density at radius 3 is 2.71 bits per heavy atom. The molecule has 2 amide bonds. The van der Waals surface area contributed by atoms with Gasteiger partial charge >= 0.3 is 0 Å². The van der Waals surface area contributed by atoms with Crippen LogP contribution in [0.1, 0.15) is 43.4 Å². The summed E-state index contributed by atoms with van der Waals surface area (Å²) in [5.41, 5.74) is -0.392. The van der Waals surface area contributed by atoms with Crippen molar-refractivity contribution < 1.29 is 14.3 Å². The molecule has 1 saturated carbocycles. The Labute approximate surface area is 171 Å². The van der Waals surface area contributed by atoms with E-state index in [4.69, 9.17) is 4.74 Å². The first-order valence-electron chi connectivity index (χ1n) is 10.6. The Balaban J connectivity index is 1.34. The zero-order valence-corrected chi connectivity index (χ0v) is 17.3. The van der Waals surface area contributed by atoms with Gasteiger partial charge in [0.2, 0.25) is 11.8 Å². The minimum Gasteiger partial charge on any atom is -0.379 e. The molecule has 2 aliphatic heterocycles. The van der Waals surface area contributed by atoms with Crippen LogP contribution in [0.25, 0.3) is 0 Å². The van der Waals surface area contributed by atoms with E-state index in [1.807, 2.05) is 11.0 Å². The van der Waals surface area contributed by atoms with Crippen molar-refractivity contribution in [3.63, 3.8) is 0 Å². The molecule has 1 unspecified atom stereocenters. The quantitative estimate of drug-likeness (QED) is 0.786. The Morgan fingerprint density at radius 1 is 1.21 bits per heavy atom. The lowest BCUT2D eigenvalue weighted by molar-refractivity contribution is -0.128. The summed E-state index contributed by atoms with van der Waals surface area (Å²) < 4.78 is 5.38. The molecule has 6 nitrogen and oxygen atoms in total. The highest BCUT2D eigenvalue weighted by Gasteiger charge is 2.43. The third-order valence-electron chi connectivity index (χ3n) is 6.47. The minimum atomic E-state index is -0.392. The molecule has 0 aromatic carbocycles. The molecule has 7 heteroatoms. The van der Waals surface area contributed by atoms with E-state index < -0.39 is 5.41 Å². The molecule has 3 heterocycles. The van der Waals surface area contributed by atoms with Crippen LogP contribution in [0, 0.1) is 0 Å². The number of rotatable bonds is 6. The van der Waals surface area contributed by atoms with Crippen molar-refractivity contribution in [1.29, 1.82) is 0 Å². The lowest BCUT2D eigenvalue weighted by Gasteiger charge is -2.36. The fourth-order valence-electron chi connectivity index (χ4n) is 4.79. The fraction of sp³-hybridized carbons (Fsp3) is 0.714. The molecule has 3 fully saturated rings. The highest BCUT2D eigenvalue weighted by Crippen LogP contribution is 2.42. The summed E-state index contributed by atoms with van der Waals surface area (Å²) in [6, 6.07) is 4.07. The second-order valence-corrected chi connectivity index (χ2v) is 9.24. The molecule has 3 aliphatic rings. The lowest BCUT2D eigenvalue weighted by atomic mass is 9.72. The van der Waals surface area contributed by atoms with E-state index in [1.165, 1.54) is 11.3 Å². The molecule has 28 heavy (non-hydrogen) atoms. The number of carbonyl (C=O) groups is 2. The van der Waals surface area contributed by atoms with Gasteiger partial charge in [0, 0.05) is 44.0 Å². The fourth-order valence-corrected chi connectivity index (χ4v) is 5.77. The van der Waals surface area contributed by atoms with Gasteiger partial charge < -0.3 is 15.0 Å². The Bertz CT molecular complexity index is 666. The Morgan fingerprint density at radius 2 is 2.00 bits per heavy atom. The van der Waals surface area contributed by atoms with E-state index >= 15 is 0 Å². The van der Waals surface area contributed by atoms with Gasteiger partial charge in [-0.1, -0.05) is 25.3 Å². The summed E-state index contributed by atoms with van der Waals surface area (Å²) in [6.45, 7) is 5.68. The summed E-state index contributed by atoms with van der Waals surface area (Å²) in [5.74, 6) is 0.287. The number of nitrogens with one attached hydrogen (secondary N) is 1. The van der Waals surface area contributed by atoms with Crippen molar-refractivity contribution in [2.24, 2.45) is 0 Å². The van der Waals surface area contributed by atoms with Crippen molar-refractivity contribution in [3.8, 4) is 0 Å². The first kappa shape index (κ1) is 19.9. The van der Waals surface area contributed by atoms with Crippen LogP contribution in [0.2, 0.25) is 0 Å². The van der Waals surface area contributed by atoms with E-state index in [-0.39, 0.29) is 17.9 Å². The van der Waals surface area contributed by atoms with Gasteiger partial charge in [0.15, 0.2) is 0 Å². The number of thiophene rings is 1. The van der Waals surface area contributed by atoms with Gasteiger partial charge in [0.1, 0.15) is 0 Å². The molecule has 0 spiro atoms. The summed E-state index contributed by atoms with van der Waals surface area (Å²) >= 11 is 1.69. The molecule has 0 radical (unpaired) electrons. The first-order valence-corrected chi connectivity index (χ1v) is 11.5. The SMILES string of the molecule is O=C1CC(NC(=O)C2(c3cccs3)CCCCC2)CN1CCN1CCOCC1. The standard InChI is InChI=1S/C21H31N3O3S/c25-19-15-17(16-24(19)9-8-23-10-12-27-13-11-23)22-20(26)21(6-2-1-3-7-21)18-5-4-14-28-18/h4-5,14,17H,1-3,6-13,15-16H2,(H,22,26). The van der Waals surface area contributed by atoms with Crippen LogP contribution in [0.5, 0.6) is 0 Å². The van der Waals surface area contributed by atoms with E-state index in [0.29, 0.717) is 13.0 Å².